The largest absolute Gasteiger partial charge is 0.487 e. The topological polar surface area (TPSA) is 98.6 Å². The molecule has 0 aliphatic carbocycles. The van der Waals surface area contributed by atoms with E-state index in [9.17, 15) is 9.59 Å². The Morgan fingerprint density at radius 1 is 1.36 bits per heavy atom. The van der Waals surface area contributed by atoms with Crippen molar-refractivity contribution in [3.05, 3.63) is 42.5 Å². The maximum absolute atomic E-state index is 13.0. The van der Waals surface area contributed by atoms with Crippen molar-refractivity contribution in [2.24, 2.45) is 0 Å². The molecule has 1 saturated heterocycles. The highest BCUT2D eigenvalue weighted by molar-refractivity contribution is 5.96. The SMILES string of the molecule is CCn1ccc(C(=O)N2C[C@@H](Oc3cccnc3)C[C@@H]2C(=O)NCCOC)n1. The van der Waals surface area contributed by atoms with E-state index < -0.39 is 6.04 Å². The maximum Gasteiger partial charge on any atom is 0.275 e. The minimum absolute atomic E-state index is 0.224. The summed E-state index contributed by atoms with van der Waals surface area (Å²) in [6, 6.07) is 4.62. The smallest absolute Gasteiger partial charge is 0.275 e. The van der Waals surface area contributed by atoms with Gasteiger partial charge in [-0.05, 0) is 25.1 Å². The van der Waals surface area contributed by atoms with E-state index in [4.69, 9.17) is 9.47 Å². The summed E-state index contributed by atoms with van der Waals surface area (Å²) in [4.78, 5) is 31.2. The highest BCUT2D eigenvalue weighted by Crippen LogP contribution is 2.24. The van der Waals surface area contributed by atoms with Gasteiger partial charge in [0, 0.05) is 39.0 Å². The summed E-state index contributed by atoms with van der Waals surface area (Å²) in [5, 5.41) is 7.09. The van der Waals surface area contributed by atoms with Crippen LogP contribution in [0.15, 0.2) is 36.8 Å². The first kappa shape index (κ1) is 19.8. The molecule has 2 atom stereocenters. The number of hydrogen-bond acceptors (Lipinski definition) is 6. The lowest BCUT2D eigenvalue weighted by Gasteiger charge is -2.22. The molecule has 3 heterocycles. The number of rotatable bonds is 8. The Balaban J connectivity index is 1.74. The molecule has 28 heavy (non-hydrogen) atoms. The number of carbonyl (C=O) groups is 2. The molecule has 0 radical (unpaired) electrons. The van der Waals surface area contributed by atoms with Gasteiger partial charge < -0.3 is 19.7 Å². The minimum atomic E-state index is -0.627. The number of ether oxygens (including phenoxy) is 2. The molecule has 2 aromatic rings. The highest BCUT2D eigenvalue weighted by Gasteiger charge is 2.41. The number of pyridine rings is 1. The third kappa shape index (κ3) is 4.66. The number of carbonyl (C=O) groups excluding carboxylic acids is 2. The minimum Gasteiger partial charge on any atom is -0.487 e. The molecule has 3 rings (SSSR count). The van der Waals surface area contributed by atoms with Crippen molar-refractivity contribution in [1.29, 1.82) is 0 Å². The monoisotopic (exact) mass is 387 g/mol. The first-order chi connectivity index (χ1) is 13.6. The van der Waals surface area contributed by atoms with Crippen molar-refractivity contribution >= 4 is 11.8 Å². The first-order valence-electron chi connectivity index (χ1n) is 9.30. The van der Waals surface area contributed by atoms with E-state index >= 15 is 0 Å². The molecule has 2 aromatic heterocycles. The zero-order valence-corrected chi connectivity index (χ0v) is 16.1. The van der Waals surface area contributed by atoms with E-state index in [0.29, 0.717) is 44.1 Å². The molecule has 1 fully saturated rings. The van der Waals surface area contributed by atoms with E-state index in [-0.39, 0.29) is 17.9 Å². The number of nitrogens with one attached hydrogen (secondary N) is 1. The fourth-order valence-electron chi connectivity index (χ4n) is 3.16. The molecular formula is C19H25N5O4. The van der Waals surface area contributed by atoms with E-state index in [1.807, 2.05) is 6.92 Å². The first-order valence-corrected chi connectivity index (χ1v) is 9.30. The molecule has 1 aliphatic rings. The molecule has 0 unspecified atom stereocenters. The molecule has 2 amide bonds. The Morgan fingerprint density at radius 3 is 2.89 bits per heavy atom. The van der Waals surface area contributed by atoms with Gasteiger partial charge in [-0.3, -0.25) is 19.3 Å². The standard InChI is InChI=1S/C19H25N5O4/c1-3-23-9-6-16(22-23)19(26)24-13-15(28-14-5-4-7-20-12-14)11-17(24)18(25)21-8-10-27-2/h4-7,9,12,15,17H,3,8,10-11,13H2,1-2H3,(H,21,25)/t15-,17+/m0/s1. The van der Waals surface area contributed by atoms with Crippen LogP contribution in [0.3, 0.4) is 0 Å². The fourth-order valence-corrected chi connectivity index (χ4v) is 3.16. The fraction of sp³-hybridized carbons (Fsp3) is 0.474. The van der Waals surface area contributed by atoms with Gasteiger partial charge in [-0.25, -0.2) is 0 Å². The predicted octanol–water partition coefficient (Wildman–Crippen LogP) is 0.723. The van der Waals surface area contributed by atoms with Crippen LogP contribution in [0.4, 0.5) is 0 Å². The molecule has 9 heteroatoms. The number of amides is 2. The van der Waals surface area contributed by atoms with Gasteiger partial charge in [-0.15, -0.1) is 0 Å². The average molecular weight is 387 g/mol. The Hall–Kier alpha value is -2.94. The zero-order chi connectivity index (χ0) is 19.9. The van der Waals surface area contributed by atoms with Crippen molar-refractivity contribution in [2.75, 3.05) is 26.8 Å². The molecule has 0 aromatic carbocycles. The number of methoxy groups -OCH3 is 1. The second-order valence-electron chi connectivity index (χ2n) is 6.48. The Morgan fingerprint density at radius 2 is 2.21 bits per heavy atom. The second kappa shape index (κ2) is 9.32. The number of hydrogen-bond donors (Lipinski definition) is 1. The Kier molecular flexibility index (Phi) is 6.59. The molecule has 1 aliphatic heterocycles. The third-order valence-corrected chi connectivity index (χ3v) is 4.55. The summed E-state index contributed by atoms with van der Waals surface area (Å²) in [7, 11) is 1.57. The number of likely N-dealkylation sites (tertiary alicyclic amines) is 1. The van der Waals surface area contributed by atoms with Crippen molar-refractivity contribution in [2.45, 2.75) is 32.0 Å². The van der Waals surface area contributed by atoms with Crippen molar-refractivity contribution < 1.29 is 19.1 Å². The van der Waals surface area contributed by atoms with Crippen LogP contribution in [-0.2, 0) is 16.1 Å². The summed E-state index contributed by atoms with van der Waals surface area (Å²) in [5.74, 6) is 0.101. The van der Waals surface area contributed by atoms with E-state index in [1.165, 1.54) is 4.90 Å². The van der Waals surface area contributed by atoms with E-state index in [2.05, 4.69) is 15.4 Å². The van der Waals surface area contributed by atoms with Crippen LogP contribution in [-0.4, -0.2) is 70.4 Å². The zero-order valence-electron chi connectivity index (χ0n) is 16.1. The predicted molar refractivity (Wildman–Crippen MR) is 101 cm³/mol. The van der Waals surface area contributed by atoms with Gasteiger partial charge in [-0.1, -0.05) is 0 Å². The summed E-state index contributed by atoms with van der Waals surface area (Å²) in [6.45, 7) is 3.70. The average Bonchev–Trinajstić information content (AvgIpc) is 3.35. The second-order valence-corrected chi connectivity index (χ2v) is 6.48. The van der Waals surface area contributed by atoms with Gasteiger partial charge in [-0.2, -0.15) is 5.10 Å². The number of nitrogens with zero attached hydrogens (tertiary/aromatic N) is 4. The third-order valence-electron chi connectivity index (χ3n) is 4.55. The molecule has 0 bridgehead atoms. The lowest BCUT2D eigenvalue weighted by Crippen LogP contribution is -2.46. The number of aryl methyl sites for hydroxylation is 1. The van der Waals surface area contributed by atoms with Gasteiger partial charge >= 0.3 is 0 Å². The van der Waals surface area contributed by atoms with E-state index in [1.54, 1.807) is 48.6 Å². The lowest BCUT2D eigenvalue weighted by molar-refractivity contribution is -0.125. The van der Waals surface area contributed by atoms with Crippen molar-refractivity contribution in [1.82, 2.24) is 25.0 Å². The van der Waals surface area contributed by atoms with Gasteiger partial charge in [0.15, 0.2) is 0 Å². The number of aromatic nitrogens is 3. The van der Waals surface area contributed by atoms with Gasteiger partial charge in [0.25, 0.3) is 5.91 Å². The van der Waals surface area contributed by atoms with Gasteiger partial charge in [0.2, 0.25) is 5.91 Å². The van der Waals surface area contributed by atoms with Crippen molar-refractivity contribution in [3.63, 3.8) is 0 Å². The van der Waals surface area contributed by atoms with E-state index in [0.717, 1.165) is 0 Å². The maximum atomic E-state index is 13.0. The molecule has 0 saturated carbocycles. The summed E-state index contributed by atoms with van der Waals surface area (Å²) < 4.78 is 12.6. The summed E-state index contributed by atoms with van der Waals surface area (Å²) >= 11 is 0. The molecule has 9 nitrogen and oxygen atoms in total. The van der Waals surface area contributed by atoms with Gasteiger partial charge in [0.1, 0.15) is 23.6 Å². The van der Waals surface area contributed by atoms with Crippen LogP contribution in [0.1, 0.15) is 23.8 Å². The van der Waals surface area contributed by atoms with Crippen molar-refractivity contribution in [3.8, 4) is 5.75 Å². The Labute approximate surface area is 163 Å². The van der Waals surface area contributed by atoms with Crippen LogP contribution in [0.2, 0.25) is 0 Å². The molecule has 1 N–H and O–H groups in total. The normalized spacial score (nSPS) is 18.9. The van der Waals surface area contributed by atoms with Crippen LogP contribution in [0, 0.1) is 0 Å². The summed E-state index contributed by atoms with van der Waals surface area (Å²) in [5.41, 5.74) is 0.318. The van der Waals surface area contributed by atoms with Crippen LogP contribution in [0.25, 0.3) is 0 Å². The quantitative estimate of drug-likeness (QED) is 0.671. The Bertz CT molecular complexity index is 795. The lowest BCUT2D eigenvalue weighted by atomic mass is 10.1. The molecule has 0 spiro atoms. The van der Waals surface area contributed by atoms with Crippen LogP contribution in [0.5, 0.6) is 5.75 Å². The molecule has 150 valence electrons. The highest BCUT2D eigenvalue weighted by atomic mass is 16.5. The molecular weight excluding hydrogens is 362 g/mol. The van der Waals surface area contributed by atoms with Gasteiger partial charge in [0.05, 0.1) is 19.3 Å². The summed E-state index contributed by atoms with van der Waals surface area (Å²) in [6.07, 6.45) is 5.11. The van der Waals surface area contributed by atoms with Crippen LogP contribution >= 0.6 is 0 Å². The van der Waals surface area contributed by atoms with Crippen LogP contribution < -0.4 is 10.1 Å².